The topological polar surface area (TPSA) is 73.0 Å². The second kappa shape index (κ2) is 7.75. The molecule has 0 aliphatic heterocycles. The van der Waals surface area contributed by atoms with E-state index in [4.69, 9.17) is 11.6 Å². The minimum Gasteiger partial charge on any atom is -0.337 e. The van der Waals surface area contributed by atoms with Crippen LogP contribution < -0.4 is 5.32 Å². The van der Waals surface area contributed by atoms with Gasteiger partial charge in [0.15, 0.2) is 0 Å². The second-order valence-electron chi connectivity index (χ2n) is 4.73. The van der Waals surface area contributed by atoms with E-state index in [0.717, 1.165) is 31.5 Å². The van der Waals surface area contributed by atoms with Crippen LogP contribution in [0.5, 0.6) is 0 Å². The van der Waals surface area contributed by atoms with Crippen LogP contribution in [0.2, 0.25) is 5.02 Å². The van der Waals surface area contributed by atoms with Crippen molar-refractivity contribution in [2.45, 2.75) is 25.9 Å². The minimum absolute atomic E-state index is 0.0453. The summed E-state index contributed by atoms with van der Waals surface area (Å²) in [6.45, 7) is 2.42. The van der Waals surface area contributed by atoms with E-state index in [2.05, 4.69) is 10.3 Å². The zero-order valence-electron chi connectivity index (χ0n) is 11.5. The molecule has 0 radical (unpaired) electrons. The van der Waals surface area contributed by atoms with Crippen LogP contribution in [0.25, 0.3) is 0 Å². The highest BCUT2D eigenvalue weighted by molar-refractivity contribution is 6.32. The normalized spacial score (nSPS) is 10.7. The lowest BCUT2D eigenvalue weighted by molar-refractivity contribution is -0.384. The van der Waals surface area contributed by atoms with Gasteiger partial charge in [-0.15, -0.1) is 0 Å². The zero-order valence-corrected chi connectivity index (χ0v) is 12.3. The van der Waals surface area contributed by atoms with Crippen LogP contribution in [0.15, 0.2) is 36.9 Å². The Hall–Kier alpha value is -1.92. The first-order chi connectivity index (χ1) is 10.2. The maximum atomic E-state index is 10.8. The SMILES string of the molecule is O=[N+]([O-])c1cc(CNCCCCn2ccnc2)ccc1Cl. The van der Waals surface area contributed by atoms with Gasteiger partial charge in [0.25, 0.3) is 5.69 Å². The summed E-state index contributed by atoms with van der Waals surface area (Å²) in [6, 6.07) is 4.88. The molecule has 1 N–H and O–H groups in total. The average molecular weight is 309 g/mol. The molecule has 0 atom stereocenters. The van der Waals surface area contributed by atoms with Crippen molar-refractivity contribution in [1.29, 1.82) is 0 Å². The van der Waals surface area contributed by atoms with Crippen LogP contribution in [-0.2, 0) is 13.1 Å². The van der Waals surface area contributed by atoms with Crippen LogP contribution >= 0.6 is 11.6 Å². The number of benzene rings is 1. The number of nitro groups is 1. The summed E-state index contributed by atoms with van der Waals surface area (Å²) < 4.78 is 2.04. The Kier molecular flexibility index (Phi) is 5.71. The van der Waals surface area contributed by atoms with Crippen LogP contribution in [0.1, 0.15) is 18.4 Å². The van der Waals surface area contributed by atoms with Crippen molar-refractivity contribution in [1.82, 2.24) is 14.9 Å². The second-order valence-corrected chi connectivity index (χ2v) is 5.13. The van der Waals surface area contributed by atoms with E-state index >= 15 is 0 Å². The molecule has 0 amide bonds. The third-order valence-corrected chi connectivity index (χ3v) is 3.44. The Morgan fingerprint density at radius 1 is 1.38 bits per heavy atom. The van der Waals surface area contributed by atoms with Crippen molar-refractivity contribution in [3.8, 4) is 0 Å². The molecule has 1 heterocycles. The molecule has 2 rings (SSSR count). The highest BCUT2D eigenvalue weighted by Gasteiger charge is 2.12. The molecule has 6 nitrogen and oxygen atoms in total. The summed E-state index contributed by atoms with van der Waals surface area (Å²) in [7, 11) is 0. The molecule has 0 saturated carbocycles. The van der Waals surface area contributed by atoms with Crippen molar-refractivity contribution in [3.63, 3.8) is 0 Å². The third kappa shape index (κ3) is 4.84. The maximum Gasteiger partial charge on any atom is 0.288 e. The molecule has 0 unspecified atom stereocenters. The van der Waals surface area contributed by atoms with Gasteiger partial charge in [0.05, 0.1) is 11.3 Å². The molecular formula is C14H17ClN4O2. The van der Waals surface area contributed by atoms with Crippen molar-refractivity contribution < 1.29 is 4.92 Å². The monoisotopic (exact) mass is 308 g/mol. The number of hydrogen-bond donors (Lipinski definition) is 1. The quantitative estimate of drug-likeness (QED) is 0.462. The van der Waals surface area contributed by atoms with E-state index in [0.29, 0.717) is 6.54 Å². The van der Waals surface area contributed by atoms with E-state index < -0.39 is 4.92 Å². The summed E-state index contributed by atoms with van der Waals surface area (Å²) in [5.41, 5.74) is 0.816. The first-order valence-electron chi connectivity index (χ1n) is 6.76. The van der Waals surface area contributed by atoms with Gasteiger partial charge in [-0.2, -0.15) is 0 Å². The van der Waals surface area contributed by atoms with Gasteiger partial charge in [-0.3, -0.25) is 10.1 Å². The van der Waals surface area contributed by atoms with Gasteiger partial charge >= 0.3 is 0 Å². The number of halogens is 1. The fourth-order valence-electron chi connectivity index (χ4n) is 2.00. The predicted molar refractivity (Wildman–Crippen MR) is 81.3 cm³/mol. The molecule has 1 aromatic carbocycles. The number of rotatable bonds is 8. The van der Waals surface area contributed by atoms with Gasteiger partial charge in [-0.1, -0.05) is 17.7 Å². The summed E-state index contributed by atoms with van der Waals surface area (Å²) >= 11 is 5.77. The van der Waals surface area contributed by atoms with E-state index in [-0.39, 0.29) is 10.7 Å². The van der Waals surface area contributed by atoms with Gasteiger partial charge in [0.2, 0.25) is 0 Å². The number of unbranched alkanes of at least 4 members (excludes halogenated alkanes) is 1. The lowest BCUT2D eigenvalue weighted by Crippen LogP contribution is -2.15. The number of aryl methyl sites for hydroxylation is 1. The smallest absolute Gasteiger partial charge is 0.288 e. The minimum atomic E-state index is -0.461. The summed E-state index contributed by atoms with van der Waals surface area (Å²) in [5.74, 6) is 0. The van der Waals surface area contributed by atoms with Crippen LogP contribution in [0.4, 0.5) is 5.69 Å². The Morgan fingerprint density at radius 2 is 2.24 bits per heavy atom. The number of imidazole rings is 1. The molecule has 112 valence electrons. The molecule has 21 heavy (non-hydrogen) atoms. The standard InChI is InChI=1S/C14H17ClN4O2/c15-13-4-3-12(9-14(13)19(20)21)10-16-5-1-2-7-18-8-6-17-11-18/h3-4,6,8-9,11,16H,1-2,5,7,10H2. The Balaban J connectivity index is 1.69. The Morgan fingerprint density at radius 3 is 2.95 bits per heavy atom. The lowest BCUT2D eigenvalue weighted by atomic mass is 10.2. The first kappa shape index (κ1) is 15.5. The summed E-state index contributed by atoms with van der Waals surface area (Å²) in [6.07, 6.45) is 7.62. The van der Waals surface area contributed by atoms with E-state index in [1.54, 1.807) is 24.7 Å². The molecule has 0 aliphatic rings. The Labute approximate surface area is 127 Å². The third-order valence-electron chi connectivity index (χ3n) is 3.12. The van der Waals surface area contributed by atoms with Crippen LogP contribution in [-0.4, -0.2) is 21.0 Å². The molecule has 2 aromatic rings. The van der Waals surface area contributed by atoms with Crippen molar-refractivity contribution in [3.05, 3.63) is 57.6 Å². The highest BCUT2D eigenvalue weighted by atomic mass is 35.5. The summed E-state index contributed by atoms with van der Waals surface area (Å²) in [5, 5.41) is 14.2. The van der Waals surface area contributed by atoms with Gasteiger partial charge in [-0.25, -0.2) is 4.98 Å². The number of nitrogens with one attached hydrogen (secondary N) is 1. The molecule has 0 aliphatic carbocycles. The van der Waals surface area contributed by atoms with Crippen molar-refractivity contribution in [2.24, 2.45) is 0 Å². The number of nitro benzene ring substituents is 1. The Bertz CT molecular complexity index is 587. The lowest BCUT2D eigenvalue weighted by Gasteiger charge is -2.06. The van der Waals surface area contributed by atoms with Crippen LogP contribution in [0, 0.1) is 10.1 Å². The largest absolute Gasteiger partial charge is 0.337 e. The number of hydrogen-bond acceptors (Lipinski definition) is 4. The molecular weight excluding hydrogens is 292 g/mol. The fourth-order valence-corrected chi connectivity index (χ4v) is 2.19. The zero-order chi connectivity index (χ0) is 15.1. The van der Waals surface area contributed by atoms with E-state index in [1.165, 1.54) is 6.07 Å². The van der Waals surface area contributed by atoms with Gasteiger partial charge in [0.1, 0.15) is 5.02 Å². The van der Waals surface area contributed by atoms with Gasteiger partial charge in [-0.05, 0) is 31.0 Å². The number of aromatic nitrogens is 2. The molecule has 7 heteroatoms. The average Bonchev–Trinajstić information content (AvgIpc) is 2.97. The van der Waals surface area contributed by atoms with Gasteiger partial charge < -0.3 is 9.88 Å². The fraction of sp³-hybridized carbons (Fsp3) is 0.357. The van der Waals surface area contributed by atoms with Gasteiger partial charge in [0, 0.05) is 31.5 Å². The van der Waals surface area contributed by atoms with E-state index in [1.807, 2.05) is 10.8 Å². The molecule has 0 fully saturated rings. The van der Waals surface area contributed by atoms with E-state index in [9.17, 15) is 10.1 Å². The molecule has 0 bridgehead atoms. The van der Waals surface area contributed by atoms with Crippen molar-refractivity contribution >= 4 is 17.3 Å². The molecule has 0 spiro atoms. The van der Waals surface area contributed by atoms with Crippen molar-refractivity contribution in [2.75, 3.05) is 6.54 Å². The summed E-state index contributed by atoms with van der Waals surface area (Å²) in [4.78, 5) is 14.3. The number of nitrogens with zero attached hydrogens (tertiary/aromatic N) is 3. The highest BCUT2D eigenvalue weighted by Crippen LogP contribution is 2.24. The molecule has 1 aromatic heterocycles. The predicted octanol–water partition coefficient (Wildman–Crippen LogP) is 3.01. The first-order valence-corrected chi connectivity index (χ1v) is 7.14. The van der Waals surface area contributed by atoms with Crippen LogP contribution in [0.3, 0.4) is 0 Å². The molecule has 0 saturated heterocycles. The maximum absolute atomic E-state index is 10.8.